The van der Waals surface area contributed by atoms with E-state index in [0.717, 1.165) is 6.42 Å². The number of hydrogen-bond acceptors (Lipinski definition) is 3. The van der Waals surface area contributed by atoms with Crippen LogP contribution in [0.15, 0.2) is 0 Å². The Morgan fingerprint density at radius 2 is 2.06 bits per heavy atom. The number of Topliss-reactive ketones (excluding diaryl/α,β-unsaturated/α-hetero) is 1. The SMILES string of the molecule is CC(C)(C)OC(=O)N1CCC[C@H]1C(=O)CCl. The zero-order chi connectivity index (χ0) is 12.3. The van der Waals surface area contributed by atoms with Gasteiger partial charge in [-0.05, 0) is 33.6 Å². The summed E-state index contributed by atoms with van der Waals surface area (Å²) in [6, 6.07) is -0.396. The van der Waals surface area contributed by atoms with Crippen molar-refractivity contribution in [2.45, 2.75) is 45.3 Å². The first-order chi connectivity index (χ1) is 7.35. The summed E-state index contributed by atoms with van der Waals surface area (Å²) < 4.78 is 5.24. The third-order valence-corrected chi connectivity index (χ3v) is 2.65. The van der Waals surface area contributed by atoms with E-state index in [1.54, 1.807) is 20.8 Å². The van der Waals surface area contributed by atoms with Crippen LogP contribution in [0.4, 0.5) is 4.79 Å². The Bertz CT molecular complexity index is 285. The summed E-state index contributed by atoms with van der Waals surface area (Å²) in [5.41, 5.74) is -0.533. The zero-order valence-electron chi connectivity index (χ0n) is 9.96. The van der Waals surface area contributed by atoms with E-state index in [4.69, 9.17) is 16.3 Å². The highest BCUT2D eigenvalue weighted by molar-refractivity contribution is 6.28. The molecule has 1 atom stereocenters. The monoisotopic (exact) mass is 247 g/mol. The van der Waals surface area contributed by atoms with Crippen LogP contribution in [0.5, 0.6) is 0 Å². The van der Waals surface area contributed by atoms with E-state index >= 15 is 0 Å². The molecule has 0 bridgehead atoms. The van der Waals surface area contributed by atoms with Crippen LogP contribution in [0.2, 0.25) is 0 Å². The first kappa shape index (κ1) is 13.3. The summed E-state index contributed by atoms with van der Waals surface area (Å²) in [4.78, 5) is 24.8. The second-order valence-corrected chi connectivity index (χ2v) is 5.20. The highest BCUT2D eigenvalue weighted by Crippen LogP contribution is 2.21. The summed E-state index contributed by atoms with van der Waals surface area (Å²) in [5.74, 6) is -0.158. The van der Waals surface area contributed by atoms with Crippen molar-refractivity contribution in [3.8, 4) is 0 Å². The van der Waals surface area contributed by atoms with Crippen LogP contribution in [0.1, 0.15) is 33.6 Å². The van der Waals surface area contributed by atoms with Gasteiger partial charge in [-0.1, -0.05) is 0 Å². The van der Waals surface area contributed by atoms with Gasteiger partial charge in [0.05, 0.1) is 11.9 Å². The van der Waals surface area contributed by atoms with Gasteiger partial charge in [-0.25, -0.2) is 4.79 Å². The van der Waals surface area contributed by atoms with Gasteiger partial charge in [-0.2, -0.15) is 0 Å². The van der Waals surface area contributed by atoms with Crippen LogP contribution in [0.25, 0.3) is 0 Å². The fourth-order valence-corrected chi connectivity index (χ4v) is 1.91. The lowest BCUT2D eigenvalue weighted by atomic mass is 10.1. The fourth-order valence-electron chi connectivity index (χ4n) is 1.73. The van der Waals surface area contributed by atoms with Gasteiger partial charge in [0.1, 0.15) is 5.60 Å². The molecule has 4 nitrogen and oxygen atoms in total. The Kier molecular flexibility index (Phi) is 4.19. The smallest absolute Gasteiger partial charge is 0.410 e. The van der Waals surface area contributed by atoms with Gasteiger partial charge in [0.15, 0.2) is 5.78 Å². The van der Waals surface area contributed by atoms with Gasteiger partial charge in [0, 0.05) is 6.54 Å². The van der Waals surface area contributed by atoms with Crippen LogP contribution >= 0.6 is 11.6 Å². The van der Waals surface area contributed by atoms with Crippen molar-refractivity contribution in [3.63, 3.8) is 0 Å². The molecule has 1 rings (SSSR count). The Hall–Kier alpha value is -0.770. The highest BCUT2D eigenvalue weighted by atomic mass is 35.5. The lowest BCUT2D eigenvalue weighted by Gasteiger charge is -2.27. The second kappa shape index (κ2) is 5.04. The van der Waals surface area contributed by atoms with Gasteiger partial charge in [0.2, 0.25) is 0 Å². The van der Waals surface area contributed by atoms with Crippen LogP contribution in [0.3, 0.4) is 0 Å². The molecular formula is C11H18ClNO3. The predicted octanol–water partition coefficient (Wildman–Crippen LogP) is 2.19. The molecule has 1 aliphatic rings. The third-order valence-electron chi connectivity index (χ3n) is 2.38. The van der Waals surface area contributed by atoms with Crippen molar-refractivity contribution in [2.24, 2.45) is 0 Å². The third kappa shape index (κ3) is 3.37. The molecule has 0 aromatic rings. The standard InChI is InChI=1S/C11H18ClNO3/c1-11(2,3)16-10(15)13-6-4-5-8(13)9(14)7-12/h8H,4-7H2,1-3H3/t8-/m0/s1. The van der Waals surface area contributed by atoms with Gasteiger partial charge in [-0.15, -0.1) is 11.6 Å². The van der Waals surface area contributed by atoms with Crippen LogP contribution in [-0.4, -0.2) is 40.8 Å². The Labute approximate surface area is 101 Å². The van der Waals surface area contributed by atoms with E-state index in [1.165, 1.54) is 4.90 Å². The Morgan fingerprint density at radius 1 is 1.44 bits per heavy atom. The lowest BCUT2D eigenvalue weighted by Crippen LogP contribution is -2.43. The van der Waals surface area contributed by atoms with E-state index < -0.39 is 17.7 Å². The molecule has 0 N–H and O–H groups in total. The Morgan fingerprint density at radius 3 is 2.56 bits per heavy atom. The quantitative estimate of drug-likeness (QED) is 0.703. The minimum atomic E-state index is -0.533. The van der Waals surface area contributed by atoms with Crippen molar-refractivity contribution < 1.29 is 14.3 Å². The average molecular weight is 248 g/mol. The maximum absolute atomic E-state index is 11.8. The van der Waals surface area contributed by atoms with Crippen molar-refractivity contribution in [1.82, 2.24) is 4.90 Å². The predicted molar refractivity (Wildman–Crippen MR) is 61.7 cm³/mol. The molecule has 0 aliphatic carbocycles. The van der Waals surface area contributed by atoms with Crippen LogP contribution < -0.4 is 0 Å². The van der Waals surface area contributed by atoms with Gasteiger partial charge >= 0.3 is 6.09 Å². The van der Waals surface area contributed by atoms with Crippen molar-refractivity contribution in [2.75, 3.05) is 12.4 Å². The normalized spacial score (nSPS) is 21.0. The lowest BCUT2D eigenvalue weighted by molar-refractivity contribution is -0.120. The molecule has 16 heavy (non-hydrogen) atoms. The molecule has 1 heterocycles. The Balaban J connectivity index is 2.65. The number of carbonyl (C=O) groups excluding carboxylic acids is 2. The average Bonchev–Trinajstić information content (AvgIpc) is 2.62. The van der Waals surface area contributed by atoms with E-state index in [0.29, 0.717) is 13.0 Å². The van der Waals surface area contributed by atoms with E-state index in [2.05, 4.69) is 0 Å². The number of likely N-dealkylation sites (tertiary alicyclic amines) is 1. The van der Waals surface area contributed by atoms with Crippen molar-refractivity contribution in [1.29, 1.82) is 0 Å². The number of alkyl halides is 1. The summed E-state index contributed by atoms with van der Waals surface area (Å²) >= 11 is 5.51. The number of ketones is 1. The maximum atomic E-state index is 11.8. The summed E-state index contributed by atoms with van der Waals surface area (Å²) in [5, 5.41) is 0. The number of hydrogen-bond donors (Lipinski definition) is 0. The molecule has 0 saturated carbocycles. The number of carbonyl (C=O) groups is 2. The molecule has 1 aliphatic heterocycles. The first-order valence-electron chi connectivity index (χ1n) is 5.43. The number of halogens is 1. The number of rotatable bonds is 2. The minimum Gasteiger partial charge on any atom is -0.444 e. The summed E-state index contributed by atoms with van der Waals surface area (Å²) in [6.45, 7) is 5.99. The van der Waals surface area contributed by atoms with Gasteiger partial charge in [-0.3, -0.25) is 9.69 Å². The minimum absolute atomic E-state index is 0.0516. The van der Waals surface area contributed by atoms with Crippen LogP contribution in [-0.2, 0) is 9.53 Å². The van der Waals surface area contributed by atoms with Gasteiger partial charge < -0.3 is 4.74 Å². The number of nitrogens with zero attached hydrogens (tertiary/aromatic N) is 1. The molecule has 0 unspecified atom stereocenters. The zero-order valence-corrected chi connectivity index (χ0v) is 10.7. The largest absolute Gasteiger partial charge is 0.444 e. The van der Waals surface area contributed by atoms with Crippen molar-refractivity contribution in [3.05, 3.63) is 0 Å². The fraction of sp³-hybridized carbons (Fsp3) is 0.818. The van der Waals surface area contributed by atoms with Crippen LogP contribution in [0, 0.1) is 0 Å². The number of ether oxygens (including phenoxy) is 1. The topological polar surface area (TPSA) is 46.6 Å². The summed E-state index contributed by atoms with van der Waals surface area (Å²) in [6.07, 6.45) is 1.09. The number of amides is 1. The second-order valence-electron chi connectivity index (χ2n) is 4.93. The molecule has 1 saturated heterocycles. The molecule has 0 radical (unpaired) electrons. The highest BCUT2D eigenvalue weighted by Gasteiger charge is 2.35. The first-order valence-corrected chi connectivity index (χ1v) is 5.97. The molecular weight excluding hydrogens is 230 g/mol. The molecule has 5 heteroatoms. The van der Waals surface area contributed by atoms with Crippen molar-refractivity contribution >= 4 is 23.5 Å². The van der Waals surface area contributed by atoms with E-state index in [9.17, 15) is 9.59 Å². The molecule has 0 spiro atoms. The molecule has 0 aromatic carbocycles. The molecule has 0 aromatic heterocycles. The molecule has 1 fully saturated rings. The van der Waals surface area contributed by atoms with E-state index in [1.807, 2.05) is 0 Å². The maximum Gasteiger partial charge on any atom is 0.410 e. The molecule has 1 amide bonds. The van der Waals surface area contributed by atoms with E-state index in [-0.39, 0.29) is 11.7 Å². The van der Waals surface area contributed by atoms with Gasteiger partial charge in [0.25, 0.3) is 0 Å². The summed E-state index contributed by atoms with van der Waals surface area (Å²) in [7, 11) is 0. The molecule has 92 valence electrons.